The molecule has 6 heteroatoms. The summed E-state index contributed by atoms with van der Waals surface area (Å²) in [5, 5.41) is 5.68. The first-order valence-corrected chi connectivity index (χ1v) is 9.28. The first kappa shape index (κ1) is 17.9. The molecule has 1 amide bonds. The molecule has 0 saturated carbocycles. The average molecular weight is 368 g/mol. The Balaban J connectivity index is 1.52. The maximum atomic E-state index is 12.1. The number of carbonyl (C=O) groups excluding carboxylic acids is 1. The van der Waals surface area contributed by atoms with Gasteiger partial charge in [0.2, 0.25) is 0 Å². The predicted molar refractivity (Wildman–Crippen MR) is 104 cm³/mol. The van der Waals surface area contributed by atoms with Crippen molar-refractivity contribution in [1.82, 2.24) is 4.98 Å². The van der Waals surface area contributed by atoms with E-state index in [1.54, 1.807) is 29.7 Å². The molecule has 0 radical (unpaired) electrons. The highest BCUT2D eigenvalue weighted by atomic mass is 32.1. The number of benzene rings is 2. The van der Waals surface area contributed by atoms with Gasteiger partial charge in [-0.05, 0) is 42.8 Å². The summed E-state index contributed by atoms with van der Waals surface area (Å²) < 4.78 is 11.0. The number of thiazole rings is 1. The zero-order chi connectivity index (χ0) is 18.2. The van der Waals surface area contributed by atoms with Gasteiger partial charge in [-0.25, -0.2) is 4.98 Å². The summed E-state index contributed by atoms with van der Waals surface area (Å²) in [6.45, 7) is 2.68. The first-order chi connectivity index (χ1) is 12.7. The highest BCUT2D eigenvalue weighted by Gasteiger charge is 2.06. The normalized spacial score (nSPS) is 10.3. The van der Waals surface area contributed by atoms with E-state index in [2.05, 4.69) is 17.2 Å². The lowest BCUT2D eigenvalue weighted by Gasteiger charge is -2.09. The smallest absolute Gasteiger partial charge is 0.262 e. The molecule has 134 valence electrons. The van der Waals surface area contributed by atoms with Crippen LogP contribution in [0, 0.1) is 0 Å². The molecule has 0 fully saturated rings. The van der Waals surface area contributed by atoms with Crippen LogP contribution in [0.15, 0.2) is 60.1 Å². The zero-order valence-electron chi connectivity index (χ0n) is 14.5. The van der Waals surface area contributed by atoms with E-state index in [0.717, 1.165) is 28.4 Å². The number of nitrogens with zero attached hydrogens (tertiary/aromatic N) is 1. The Bertz CT molecular complexity index is 833. The fraction of sp³-hybridized carbons (Fsp3) is 0.200. The first-order valence-electron chi connectivity index (χ1n) is 8.40. The molecule has 0 atom stereocenters. The van der Waals surface area contributed by atoms with Crippen molar-refractivity contribution >= 4 is 22.9 Å². The number of amides is 1. The standard InChI is InChI=1S/C20H20N2O3S/c1-2-11-24-17-6-8-18(9-7-17)25-14-19(23)22-16-5-3-4-15(13-16)20-21-10-12-26-20/h3-10,12-13H,2,11,14H2,1H3,(H,22,23). The van der Waals surface area contributed by atoms with Crippen molar-refractivity contribution in [1.29, 1.82) is 0 Å². The van der Waals surface area contributed by atoms with Gasteiger partial charge in [0.15, 0.2) is 6.61 Å². The molecular formula is C20H20N2O3S. The molecule has 3 aromatic rings. The van der Waals surface area contributed by atoms with Crippen LogP contribution in [0.25, 0.3) is 10.6 Å². The third-order valence-electron chi connectivity index (χ3n) is 3.49. The molecule has 1 heterocycles. The molecule has 26 heavy (non-hydrogen) atoms. The van der Waals surface area contributed by atoms with Crippen molar-refractivity contribution in [2.24, 2.45) is 0 Å². The molecule has 2 aromatic carbocycles. The third-order valence-corrected chi connectivity index (χ3v) is 4.31. The monoisotopic (exact) mass is 368 g/mol. The van der Waals surface area contributed by atoms with Gasteiger partial charge < -0.3 is 14.8 Å². The number of aromatic nitrogens is 1. The molecule has 0 unspecified atom stereocenters. The van der Waals surface area contributed by atoms with E-state index in [1.807, 2.05) is 41.8 Å². The summed E-state index contributed by atoms with van der Waals surface area (Å²) in [5.74, 6) is 1.20. The van der Waals surface area contributed by atoms with Gasteiger partial charge in [0.25, 0.3) is 5.91 Å². The minimum atomic E-state index is -0.215. The summed E-state index contributed by atoms with van der Waals surface area (Å²) in [7, 11) is 0. The van der Waals surface area contributed by atoms with Crippen LogP contribution in [-0.2, 0) is 4.79 Å². The topological polar surface area (TPSA) is 60.5 Å². The van der Waals surface area contributed by atoms with E-state index in [0.29, 0.717) is 12.4 Å². The molecule has 1 N–H and O–H groups in total. The molecule has 0 aliphatic rings. The fourth-order valence-electron chi connectivity index (χ4n) is 2.29. The van der Waals surface area contributed by atoms with Crippen molar-refractivity contribution in [2.45, 2.75) is 13.3 Å². The van der Waals surface area contributed by atoms with E-state index < -0.39 is 0 Å². The Morgan fingerprint density at radius 2 is 1.88 bits per heavy atom. The number of hydrogen-bond acceptors (Lipinski definition) is 5. The number of hydrogen-bond donors (Lipinski definition) is 1. The number of ether oxygens (including phenoxy) is 2. The maximum absolute atomic E-state index is 12.1. The minimum absolute atomic E-state index is 0.0589. The zero-order valence-corrected chi connectivity index (χ0v) is 15.3. The van der Waals surface area contributed by atoms with Crippen molar-refractivity contribution in [2.75, 3.05) is 18.5 Å². The second-order valence-electron chi connectivity index (χ2n) is 5.57. The molecule has 0 aliphatic heterocycles. The quantitative estimate of drug-likeness (QED) is 0.630. The Kier molecular flexibility index (Phi) is 6.22. The predicted octanol–water partition coefficient (Wildman–Crippen LogP) is 4.62. The van der Waals surface area contributed by atoms with Crippen molar-refractivity contribution in [3.63, 3.8) is 0 Å². The number of carbonyl (C=O) groups is 1. The molecule has 3 rings (SSSR count). The lowest BCUT2D eigenvalue weighted by Crippen LogP contribution is -2.20. The molecule has 0 bridgehead atoms. The second kappa shape index (κ2) is 9.01. The Hall–Kier alpha value is -2.86. The lowest BCUT2D eigenvalue weighted by molar-refractivity contribution is -0.118. The van der Waals surface area contributed by atoms with Crippen LogP contribution in [0.4, 0.5) is 5.69 Å². The lowest BCUT2D eigenvalue weighted by atomic mass is 10.2. The average Bonchev–Trinajstić information content (AvgIpc) is 3.21. The van der Waals surface area contributed by atoms with Gasteiger partial charge in [0.1, 0.15) is 16.5 Å². The summed E-state index contributed by atoms with van der Waals surface area (Å²) in [6, 6.07) is 14.9. The largest absolute Gasteiger partial charge is 0.494 e. The van der Waals surface area contributed by atoms with Crippen LogP contribution in [0.3, 0.4) is 0 Å². The SMILES string of the molecule is CCCOc1ccc(OCC(=O)Nc2cccc(-c3nccs3)c2)cc1. The van der Waals surface area contributed by atoms with Crippen LogP contribution < -0.4 is 14.8 Å². The Labute approximate surface area is 156 Å². The number of nitrogens with one attached hydrogen (secondary N) is 1. The van der Waals surface area contributed by atoms with E-state index >= 15 is 0 Å². The van der Waals surface area contributed by atoms with Gasteiger partial charge in [0.05, 0.1) is 6.61 Å². The van der Waals surface area contributed by atoms with Gasteiger partial charge in [-0.2, -0.15) is 0 Å². The highest BCUT2D eigenvalue weighted by Crippen LogP contribution is 2.24. The van der Waals surface area contributed by atoms with Crippen LogP contribution in [0.1, 0.15) is 13.3 Å². The molecular weight excluding hydrogens is 348 g/mol. The molecule has 0 spiro atoms. The van der Waals surface area contributed by atoms with Gasteiger partial charge in [-0.3, -0.25) is 4.79 Å². The van der Waals surface area contributed by atoms with Crippen LogP contribution in [-0.4, -0.2) is 24.1 Å². The van der Waals surface area contributed by atoms with Crippen molar-refractivity contribution in [3.8, 4) is 22.1 Å². The van der Waals surface area contributed by atoms with Crippen molar-refractivity contribution < 1.29 is 14.3 Å². The van der Waals surface area contributed by atoms with E-state index in [-0.39, 0.29) is 12.5 Å². The Morgan fingerprint density at radius 3 is 2.58 bits per heavy atom. The highest BCUT2D eigenvalue weighted by molar-refractivity contribution is 7.13. The third kappa shape index (κ3) is 5.07. The second-order valence-corrected chi connectivity index (χ2v) is 6.47. The molecule has 0 saturated heterocycles. The van der Waals surface area contributed by atoms with Gasteiger partial charge in [-0.1, -0.05) is 19.1 Å². The van der Waals surface area contributed by atoms with E-state index in [4.69, 9.17) is 9.47 Å². The van der Waals surface area contributed by atoms with Crippen LogP contribution in [0.2, 0.25) is 0 Å². The van der Waals surface area contributed by atoms with Crippen LogP contribution in [0.5, 0.6) is 11.5 Å². The summed E-state index contributed by atoms with van der Waals surface area (Å²) in [6.07, 6.45) is 2.72. The molecule has 5 nitrogen and oxygen atoms in total. The van der Waals surface area contributed by atoms with Crippen LogP contribution >= 0.6 is 11.3 Å². The fourth-order valence-corrected chi connectivity index (χ4v) is 2.93. The minimum Gasteiger partial charge on any atom is -0.494 e. The number of anilines is 1. The Morgan fingerprint density at radius 1 is 1.12 bits per heavy atom. The van der Waals surface area contributed by atoms with Crippen molar-refractivity contribution in [3.05, 3.63) is 60.1 Å². The van der Waals surface area contributed by atoms with E-state index in [9.17, 15) is 4.79 Å². The van der Waals surface area contributed by atoms with Gasteiger partial charge in [0, 0.05) is 22.8 Å². The summed E-state index contributed by atoms with van der Waals surface area (Å²) >= 11 is 1.56. The van der Waals surface area contributed by atoms with Gasteiger partial charge in [-0.15, -0.1) is 11.3 Å². The van der Waals surface area contributed by atoms with Gasteiger partial charge >= 0.3 is 0 Å². The van der Waals surface area contributed by atoms with E-state index in [1.165, 1.54) is 0 Å². The maximum Gasteiger partial charge on any atom is 0.262 e. The molecule has 1 aromatic heterocycles. The number of rotatable bonds is 8. The summed E-state index contributed by atoms with van der Waals surface area (Å²) in [5.41, 5.74) is 1.69. The molecule has 0 aliphatic carbocycles. The summed E-state index contributed by atoms with van der Waals surface area (Å²) in [4.78, 5) is 16.4.